The molecule has 0 aliphatic rings. The molecular weight excluding hydrogens is 613 g/mol. The Morgan fingerprint density at radius 1 is 0.706 bits per heavy atom. The molecule has 0 spiro atoms. The first-order valence-electron chi connectivity index (χ1n) is 10.8. The Morgan fingerprint density at radius 3 is 2.29 bits per heavy atom. The predicted octanol–water partition coefficient (Wildman–Crippen LogP) is 8.08. The molecule has 4 heteroatoms. The van der Waals surface area contributed by atoms with Gasteiger partial charge < -0.3 is 9.97 Å². The Labute approximate surface area is 217 Å². The van der Waals surface area contributed by atoms with Gasteiger partial charge in [-0.05, 0) is 53.0 Å². The maximum atomic E-state index is 4.61. The van der Waals surface area contributed by atoms with Gasteiger partial charge in [0.2, 0.25) is 0 Å². The zero-order valence-corrected chi connectivity index (χ0v) is 22.1. The smallest absolute Gasteiger partial charge is 0.0239 e. The van der Waals surface area contributed by atoms with Gasteiger partial charge in [0, 0.05) is 37.2 Å². The number of fused-ring (bicyclic) bond motifs is 3. The number of hydrogen-bond acceptors (Lipinski definition) is 3. The van der Waals surface area contributed by atoms with E-state index in [0.717, 1.165) is 22.5 Å². The molecule has 0 aliphatic heterocycles. The fourth-order valence-electron chi connectivity index (χ4n) is 3.72. The minimum Gasteiger partial charge on any atom is -0.305 e. The van der Waals surface area contributed by atoms with Crippen molar-refractivity contribution in [2.45, 2.75) is 13.8 Å². The van der Waals surface area contributed by atoms with Crippen molar-refractivity contribution in [3.63, 3.8) is 0 Å². The van der Waals surface area contributed by atoms with Crippen molar-refractivity contribution in [2.24, 2.45) is 0 Å². The van der Waals surface area contributed by atoms with Crippen LogP contribution in [0.3, 0.4) is 0 Å². The van der Waals surface area contributed by atoms with Gasteiger partial charge >= 0.3 is 0 Å². The summed E-state index contributed by atoms with van der Waals surface area (Å²) in [5.41, 5.74) is 6.62. The third-order valence-electron chi connectivity index (χ3n) is 5.62. The van der Waals surface area contributed by atoms with E-state index in [4.69, 9.17) is 0 Å². The van der Waals surface area contributed by atoms with Crippen molar-refractivity contribution in [3.8, 4) is 22.5 Å². The molecule has 1 radical (unpaired) electrons. The van der Waals surface area contributed by atoms with Crippen LogP contribution >= 0.6 is 11.3 Å². The van der Waals surface area contributed by atoms with Crippen molar-refractivity contribution in [3.05, 3.63) is 121 Å². The molecule has 0 aliphatic carbocycles. The molecule has 0 bridgehead atoms. The molecule has 0 saturated heterocycles. The molecule has 3 heterocycles. The Hall–Kier alpha value is -3.17. The molecule has 6 rings (SSSR count). The number of aromatic nitrogens is 2. The van der Waals surface area contributed by atoms with E-state index in [-0.39, 0.29) is 20.1 Å². The molecule has 0 fully saturated rings. The summed E-state index contributed by atoms with van der Waals surface area (Å²) in [6.07, 6.45) is 3.74. The minimum atomic E-state index is 0. The quantitative estimate of drug-likeness (QED) is 0.180. The molecule has 34 heavy (non-hydrogen) atoms. The first-order valence-corrected chi connectivity index (χ1v) is 11.7. The number of rotatable bonds is 2. The van der Waals surface area contributed by atoms with Crippen LogP contribution in [0.15, 0.2) is 97.3 Å². The SMILES string of the molecule is Cc1cnc(-c2[c-]ccc3c2sc2ccccc23)cc1C.[Ir].[c-]1ccccc1-c1ccccn1. The van der Waals surface area contributed by atoms with E-state index < -0.39 is 0 Å². The molecule has 169 valence electrons. The molecule has 0 N–H and O–H groups in total. The summed E-state index contributed by atoms with van der Waals surface area (Å²) in [7, 11) is 0. The summed E-state index contributed by atoms with van der Waals surface area (Å²) < 4.78 is 2.59. The normalized spacial score (nSPS) is 10.4. The Balaban J connectivity index is 0.000000180. The first kappa shape index (κ1) is 24.0. The molecule has 2 nitrogen and oxygen atoms in total. The molecular formula is C30H22IrN2S-2. The Bertz CT molecular complexity index is 1490. The van der Waals surface area contributed by atoms with Gasteiger partial charge in [0.25, 0.3) is 0 Å². The van der Waals surface area contributed by atoms with Crippen molar-refractivity contribution in [1.82, 2.24) is 9.97 Å². The average Bonchev–Trinajstić information content (AvgIpc) is 3.26. The Kier molecular flexibility index (Phi) is 7.64. The number of aryl methyl sites for hydroxylation is 2. The number of thiophene rings is 1. The third kappa shape index (κ3) is 5.00. The van der Waals surface area contributed by atoms with E-state index >= 15 is 0 Å². The van der Waals surface area contributed by atoms with E-state index in [0.29, 0.717) is 0 Å². The van der Waals surface area contributed by atoms with Gasteiger partial charge in [-0.2, -0.15) is 11.3 Å². The van der Waals surface area contributed by atoms with Gasteiger partial charge in [-0.1, -0.05) is 47.3 Å². The monoisotopic (exact) mass is 635 g/mol. The Morgan fingerprint density at radius 2 is 1.53 bits per heavy atom. The minimum absolute atomic E-state index is 0. The van der Waals surface area contributed by atoms with E-state index in [9.17, 15) is 0 Å². The fraction of sp³-hybridized carbons (Fsp3) is 0.0667. The van der Waals surface area contributed by atoms with Crippen molar-refractivity contribution >= 4 is 31.5 Å². The summed E-state index contributed by atoms with van der Waals surface area (Å²) in [6, 6.07) is 35.1. The summed E-state index contributed by atoms with van der Waals surface area (Å²) in [4.78, 5) is 8.82. The molecule has 3 aromatic heterocycles. The van der Waals surface area contributed by atoms with E-state index in [1.54, 1.807) is 6.20 Å². The zero-order valence-electron chi connectivity index (χ0n) is 18.9. The van der Waals surface area contributed by atoms with Crippen LogP contribution in [0.5, 0.6) is 0 Å². The van der Waals surface area contributed by atoms with Gasteiger partial charge in [-0.15, -0.1) is 59.7 Å². The van der Waals surface area contributed by atoms with Crippen LogP contribution < -0.4 is 0 Å². The standard InChI is InChI=1S/C19H14NS.C11H8N.Ir/c1-12-10-17(20-11-13(12)2)16-8-5-7-15-14-6-3-4-9-18(14)21-19(15)16;1-2-6-10(7-3-1)11-8-4-5-9-12-11;/h3-7,9-11H,1-2H3;1-6,8-9H;/q2*-1;. The number of nitrogens with zero attached hydrogens (tertiary/aromatic N) is 2. The van der Waals surface area contributed by atoms with Crippen LogP contribution in [0.2, 0.25) is 0 Å². The van der Waals surface area contributed by atoms with Crippen LogP contribution in [-0.4, -0.2) is 9.97 Å². The van der Waals surface area contributed by atoms with Gasteiger partial charge in [0.15, 0.2) is 0 Å². The summed E-state index contributed by atoms with van der Waals surface area (Å²) in [6.45, 7) is 4.22. The number of hydrogen-bond donors (Lipinski definition) is 0. The van der Waals surface area contributed by atoms with E-state index in [2.05, 4.69) is 72.3 Å². The van der Waals surface area contributed by atoms with Crippen LogP contribution in [0.1, 0.15) is 11.1 Å². The molecule has 6 aromatic rings. The zero-order chi connectivity index (χ0) is 22.6. The maximum Gasteiger partial charge on any atom is 0.0239 e. The van der Waals surface area contributed by atoms with Crippen LogP contribution in [0.25, 0.3) is 42.7 Å². The number of benzene rings is 3. The van der Waals surface area contributed by atoms with Gasteiger partial charge in [0.1, 0.15) is 0 Å². The van der Waals surface area contributed by atoms with Crippen LogP contribution in [-0.2, 0) is 20.1 Å². The van der Waals surface area contributed by atoms with Crippen LogP contribution in [0, 0.1) is 26.0 Å². The first-order chi connectivity index (χ1) is 16.2. The average molecular weight is 635 g/mol. The van der Waals surface area contributed by atoms with Crippen molar-refractivity contribution in [1.29, 1.82) is 0 Å². The second kappa shape index (κ2) is 10.8. The molecule has 3 aromatic carbocycles. The third-order valence-corrected chi connectivity index (χ3v) is 6.82. The van der Waals surface area contributed by atoms with Crippen LogP contribution in [0.4, 0.5) is 0 Å². The van der Waals surface area contributed by atoms with Gasteiger partial charge in [0.05, 0.1) is 0 Å². The van der Waals surface area contributed by atoms with Crippen molar-refractivity contribution < 1.29 is 20.1 Å². The summed E-state index contributed by atoms with van der Waals surface area (Å²) in [5, 5.41) is 2.61. The number of pyridine rings is 2. The van der Waals surface area contributed by atoms with E-state index in [1.807, 2.05) is 66.1 Å². The largest absolute Gasteiger partial charge is 0.305 e. The second-order valence-corrected chi connectivity index (χ2v) is 8.89. The molecule has 0 saturated carbocycles. The summed E-state index contributed by atoms with van der Waals surface area (Å²) >= 11 is 1.82. The second-order valence-electron chi connectivity index (χ2n) is 7.84. The summed E-state index contributed by atoms with van der Waals surface area (Å²) in [5.74, 6) is 0. The van der Waals surface area contributed by atoms with Crippen molar-refractivity contribution in [2.75, 3.05) is 0 Å². The molecule has 0 atom stereocenters. The topological polar surface area (TPSA) is 25.8 Å². The molecule has 0 amide bonds. The predicted molar refractivity (Wildman–Crippen MR) is 139 cm³/mol. The fourth-order valence-corrected chi connectivity index (χ4v) is 4.92. The van der Waals surface area contributed by atoms with Gasteiger partial charge in [-0.3, -0.25) is 0 Å². The van der Waals surface area contributed by atoms with E-state index in [1.165, 1.54) is 31.3 Å². The maximum absolute atomic E-state index is 4.61. The molecule has 0 unspecified atom stereocenters. The van der Waals surface area contributed by atoms with Gasteiger partial charge in [-0.25, -0.2) is 0 Å².